The Bertz CT molecular complexity index is 871. The molecule has 2 aliphatic rings. The van der Waals surface area contributed by atoms with Crippen molar-refractivity contribution in [3.63, 3.8) is 0 Å². The fourth-order valence-electron chi connectivity index (χ4n) is 3.99. The lowest BCUT2D eigenvalue weighted by Crippen LogP contribution is -2.34. The molecule has 6 nitrogen and oxygen atoms in total. The van der Waals surface area contributed by atoms with Gasteiger partial charge in [-0.05, 0) is 49.3 Å². The van der Waals surface area contributed by atoms with E-state index in [4.69, 9.17) is 0 Å². The maximum absolute atomic E-state index is 13.2. The highest BCUT2D eigenvalue weighted by molar-refractivity contribution is 6.08. The van der Waals surface area contributed by atoms with Crippen LogP contribution in [0.5, 0.6) is 0 Å². The number of rotatable bonds is 3. The molecule has 1 atom stereocenters. The number of hydrogen-bond acceptors (Lipinski definition) is 3. The molecule has 0 spiro atoms. The third-order valence-corrected chi connectivity index (χ3v) is 5.43. The van der Waals surface area contributed by atoms with Crippen LogP contribution in [0.1, 0.15) is 40.5 Å². The summed E-state index contributed by atoms with van der Waals surface area (Å²) in [5.74, 6) is 0.378. The van der Waals surface area contributed by atoms with Gasteiger partial charge in [-0.15, -0.1) is 0 Å². The Labute approximate surface area is 153 Å². The number of anilines is 1. The van der Waals surface area contributed by atoms with Gasteiger partial charge in [0.1, 0.15) is 0 Å². The fourth-order valence-corrected chi connectivity index (χ4v) is 3.99. The second kappa shape index (κ2) is 6.59. The molecule has 0 saturated heterocycles. The van der Waals surface area contributed by atoms with Crippen LogP contribution in [0.15, 0.2) is 24.4 Å². The van der Waals surface area contributed by atoms with Gasteiger partial charge in [0.25, 0.3) is 5.91 Å². The summed E-state index contributed by atoms with van der Waals surface area (Å²) in [4.78, 5) is 26.3. The van der Waals surface area contributed by atoms with Crippen LogP contribution in [0.3, 0.4) is 0 Å². The predicted octanol–water partition coefficient (Wildman–Crippen LogP) is 2.09. The van der Waals surface area contributed by atoms with Gasteiger partial charge in [-0.1, -0.05) is 12.1 Å². The molecule has 1 aromatic heterocycles. The minimum Gasteiger partial charge on any atom is -0.356 e. The second-order valence-electron chi connectivity index (χ2n) is 7.36. The summed E-state index contributed by atoms with van der Waals surface area (Å²) in [5.41, 5.74) is 5.12. The lowest BCUT2D eigenvalue weighted by molar-refractivity contribution is -0.119. The van der Waals surface area contributed by atoms with Crippen LogP contribution < -0.4 is 10.2 Å². The van der Waals surface area contributed by atoms with Crippen molar-refractivity contribution >= 4 is 17.5 Å². The van der Waals surface area contributed by atoms with Gasteiger partial charge in [-0.3, -0.25) is 14.3 Å². The monoisotopic (exact) mass is 352 g/mol. The Morgan fingerprint density at radius 2 is 2.15 bits per heavy atom. The quantitative estimate of drug-likeness (QED) is 0.920. The standard InChI is InChI=1S/C20H24N4O2/c1-13-3-4-16-6-7-23(18(16)9-13)20(26)17-12-22-24-8-5-15(10-19(17)24)11-21-14(2)25/h3-4,9,12,15H,5-8,10-11H2,1-2H3,(H,21,25)/t15-/m1/s1. The topological polar surface area (TPSA) is 67.2 Å². The minimum absolute atomic E-state index is 0.00979. The molecular formula is C20H24N4O2. The van der Waals surface area contributed by atoms with Crippen molar-refractivity contribution in [2.24, 2.45) is 5.92 Å². The molecule has 4 rings (SSSR count). The third kappa shape index (κ3) is 3.00. The van der Waals surface area contributed by atoms with Crippen LogP contribution in [0, 0.1) is 12.8 Å². The number of carbonyl (C=O) groups is 2. The molecule has 0 bridgehead atoms. The fraction of sp³-hybridized carbons (Fsp3) is 0.450. The maximum Gasteiger partial charge on any atom is 0.261 e. The largest absolute Gasteiger partial charge is 0.356 e. The number of aromatic nitrogens is 2. The zero-order chi connectivity index (χ0) is 18.3. The van der Waals surface area contributed by atoms with Crippen LogP contribution >= 0.6 is 0 Å². The van der Waals surface area contributed by atoms with E-state index >= 15 is 0 Å². The molecule has 26 heavy (non-hydrogen) atoms. The van der Waals surface area contributed by atoms with Gasteiger partial charge in [-0.25, -0.2) is 0 Å². The van der Waals surface area contributed by atoms with Crippen LogP contribution in [-0.2, 0) is 24.2 Å². The summed E-state index contributed by atoms with van der Waals surface area (Å²) in [5, 5.41) is 7.33. The smallest absolute Gasteiger partial charge is 0.261 e. The molecule has 1 aromatic carbocycles. The normalized spacial score (nSPS) is 18.4. The molecule has 2 amide bonds. The van der Waals surface area contributed by atoms with Gasteiger partial charge in [0.2, 0.25) is 5.91 Å². The van der Waals surface area contributed by atoms with Crippen molar-refractivity contribution in [1.82, 2.24) is 15.1 Å². The number of hydrogen-bond donors (Lipinski definition) is 1. The van der Waals surface area contributed by atoms with Crippen molar-refractivity contribution in [3.05, 3.63) is 46.8 Å². The lowest BCUT2D eigenvalue weighted by atomic mass is 9.94. The Morgan fingerprint density at radius 1 is 1.31 bits per heavy atom. The van der Waals surface area contributed by atoms with Crippen molar-refractivity contribution in [1.29, 1.82) is 0 Å². The molecular weight excluding hydrogens is 328 g/mol. The summed E-state index contributed by atoms with van der Waals surface area (Å²) in [6.07, 6.45) is 4.35. The van der Waals surface area contributed by atoms with Crippen LogP contribution in [0.25, 0.3) is 0 Å². The summed E-state index contributed by atoms with van der Waals surface area (Å²) >= 11 is 0. The summed E-state index contributed by atoms with van der Waals surface area (Å²) in [7, 11) is 0. The molecule has 2 aliphatic heterocycles. The van der Waals surface area contributed by atoms with Gasteiger partial charge in [0.05, 0.1) is 17.5 Å². The molecule has 0 fully saturated rings. The average molecular weight is 352 g/mol. The molecule has 1 N–H and O–H groups in total. The molecule has 6 heteroatoms. The van der Waals surface area contributed by atoms with Crippen molar-refractivity contribution in [3.8, 4) is 0 Å². The SMILES string of the molecule is CC(=O)NC[C@@H]1CCn2ncc(C(=O)N3CCc4ccc(C)cc43)c2C1. The molecule has 3 heterocycles. The van der Waals surface area contributed by atoms with E-state index in [0.717, 1.165) is 49.3 Å². The Kier molecular flexibility index (Phi) is 4.26. The molecule has 0 unspecified atom stereocenters. The Morgan fingerprint density at radius 3 is 2.96 bits per heavy atom. The highest BCUT2D eigenvalue weighted by Crippen LogP contribution is 2.32. The van der Waals surface area contributed by atoms with E-state index in [1.54, 1.807) is 6.20 Å². The second-order valence-corrected chi connectivity index (χ2v) is 7.36. The van der Waals surface area contributed by atoms with Gasteiger partial charge in [0.15, 0.2) is 0 Å². The zero-order valence-corrected chi connectivity index (χ0v) is 15.3. The highest BCUT2D eigenvalue weighted by Gasteiger charge is 2.31. The van der Waals surface area contributed by atoms with Crippen LogP contribution in [0.4, 0.5) is 5.69 Å². The summed E-state index contributed by atoms with van der Waals surface area (Å²) in [6.45, 7) is 5.75. The first-order chi connectivity index (χ1) is 12.5. The number of amides is 2. The van der Waals surface area contributed by atoms with E-state index in [1.807, 2.05) is 9.58 Å². The van der Waals surface area contributed by atoms with E-state index in [1.165, 1.54) is 12.5 Å². The number of nitrogens with zero attached hydrogens (tertiary/aromatic N) is 3. The van der Waals surface area contributed by atoms with Crippen LogP contribution in [-0.4, -0.2) is 34.7 Å². The number of benzene rings is 1. The summed E-state index contributed by atoms with van der Waals surface area (Å²) in [6, 6.07) is 6.31. The maximum atomic E-state index is 13.2. The molecule has 2 aromatic rings. The molecule has 136 valence electrons. The first-order valence-corrected chi connectivity index (χ1v) is 9.23. The van der Waals surface area contributed by atoms with E-state index in [0.29, 0.717) is 18.0 Å². The minimum atomic E-state index is -0.00979. The summed E-state index contributed by atoms with van der Waals surface area (Å²) < 4.78 is 1.95. The van der Waals surface area contributed by atoms with Crippen molar-refractivity contribution < 1.29 is 9.59 Å². The first-order valence-electron chi connectivity index (χ1n) is 9.23. The number of aryl methyl sites for hydroxylation is 2. The average Bonchev–Trinajstić information content (AvgIpc) is 3.22. The number of nitrogens with one attached hydrogen (secondary N) is 1. The molecule has 0 radical (unpaired) electrons. The van der Waals surface area contributed by atoms with E-state index in [2.05, 4.69) is 35.5 Å². The van der Waals surface area contributed by atoms with Gasteiger partial charge >= 0.3 is 0 Å². The zero-order valence-electron chi connectivity index (χ0n) is 15.3. The van der Waals surface area contributed by atoms with E-state index in [9.17, 15) is 9.59 Å². The van der Waals surface area contributed by atoms with Crippen molar-refractivity contribution in [2.45, 2.75) is 39.7 Å². The van der Waals surface area contributed by atoms with Crippen LogP contribution in [0.2, 0.25) is 0 Å². The number of fused-ring (bicyclic) bond motifs is 2. The first kappa shape index (κ1) is 16.8. The Hall–Kier alpha value is -2.63. The number of carbonyl (C=O) groups excluding carboxylic acids is 2. The molecule has 0 aliphatic carbocycles. The predicted molar refractivity (Wildman–Crippen MR) is 99.3 cm³/mol. The van der Waals surface area contributed by atoms with E-state index < -0.39 is 0 Å². The van der Waals surface area contributed by atoms with Gasteiger partial charge in [0, 0.05) is 32.2 Å². The van der Waals surface area contributed by atoms with Gasteiger partial charge in [-0.2, -0.15) is 5.10 Å². The van der Waals surface area contributed by atoms with Gasteiger partial charge < -0.3 is 10.2 Å². The third-order valence-electron chi connectivity index (χ3n) is 5.43. The molecule has 0 saturated carbocycles. The Balaban J connectivity index is 1.57. The van der Waals surface area contributed by atoms with E-state index in [-0.39, 0.29) is 11.8 Å². The van der Waals surface area contributed by atoms with Crippen molar-refractivity contribution in [2.75, 3.05) is 18.0 Å². The lowest BCUT2D eigenvalue weighted by Gasteiger charge is -2.25. The highest BCUT2D eigenvalue weighted by atomic mass is 16.2.